The van der Waals surface area contributed by atoms with Crippen molar-refractivity contribution in [1.82, 2.24) is 9.36 Å². The number of hydrogen-bond donors (Lipinski definition) is 1. The molecular weight excluding hydrogens is 273 g/mol. The molecule has 0 aliphatic carbocycles. The predicted octanol–water partition coefficient (Wildman–Crippen LogP) is 3.74. The van der Waals surface area contributed by atoms with Gasteiger partial charge in [-0.1, -0.05) is 24.6 Å². The van der Waals surface area contributed by atoms with E-state index in [-0.39, 0.29) is 5.82 Å². The molecule has 96 valence electrons. The lowest BCUT2D eigenvalue weighted by Gasteiger charge is -2.02. The van der Waals surface area contributed by atoms with E-state index >= 15 is 0 Å². The van der Waals surface area contributed by atoms with Crippen LogP contribution in [0.1, 0.15) is 24.7 Å². The molecule has 0 aliphatic rings. The molecule has 0 radical (unpaired) electrons. The molecule has 6 heteroatoms. The number of nitrogens with zero attached hydrogens (tertiary/aromatic N) is 2. The molecule has 1 heterocycles. The predicted molar refractivity (Wildman–Crippen MR) is 72.9 cm³/mol. The zero-order valence-corrected chi connectivity index (χ0v) is 11.5. The van der Waals surface area contributed by atoms with E-state index in [2.05, 4.69) is 21.6 Å². The first-order valence-corrected chi connectivity index (χ1v) is 6.85. The zero-order chi connectivity index (χ0) is 13.0. The average Bonchev–Trinajstić information content (AvgIpc) is 2.79. The maximum absolute atomic E-state index is 13.6. The number of hydrogen-bond acceptors (Lipinski definition) is 4. The number of benzene rings is 1. The Hall–Kier alpha value is -1.20. The first-order valence-electron chi connectivity index (χ1n) is 5.70. The van der Waals surface area contributed by atoms with E-state index in [9.17, 15) is 4.39 Å². The maximum Gasteiger partial charge on any atom is 0.202 e. The van der Waals surface area contributed by atoms with Gasteiger partial charge in [0.05, 0.1) is 0 Å². The summed E-state index contributed by atoms with van der Waals surface area (Å²) in [6.07, 6.45) is 1.34. The van der Waals surface area contributed by atoms with Gasteiger partial charge in [-0.2, -0.15) is 4.37 Å². The molecule has 0 spiro atoms. The number of aromatic nitrogens is 2. The van der Waals surface area contributed by atoms with Crippen molar-refractivity contribution in [3.05, 3.63) is 40.4 Å². The summed E-state index contributed by atoms with van der Waals surface area (Å²) in [4.78, 5) is 4.30. The summed E-state index contributed by atoms with van der Waals surface area (Å²) in [6, 6.07) is 4.65. The van der Waals surface area contributed by atoms with Crippen molar-refractivity contribution in [2.45, 2.75) is 19.8 Å². The molecule has 2 aromatic rings. The quantitative estimate of drug-likeness (QED) is 0.909. The Morgan fingerprint density at radius 1 is 1.44 bits per heavy atom. The van der Waals surface area contributed by atoms with E-state index in [0.29, 0.717) is 22.8 Å². The third-order valence-corrected chi connectivity index (χ3v) is 3.46. The first kappa shape index (κ1) is 13.2. The summed E-state index contributed by atoms with van der Waals surface area (Å²) >= 11 is 7.24. The van der Waals surface area contributed by atoms with Crippen LogP contribution in [0, 0.1) is 5.82 Å². The molecule has 18 heavy (non-hydrogen) atoms. The Balaban J connectivity index is 2.11. The van der Waals surface area contributed by atoms with Gasteiger partial charge in [-0.15, -0.1) is 0 Å². The van der Waals surface area contributed by atoms with Gasteiger partial charge in [0, 0.05) is 35.1 Å². The lowest BCUT2D eigenvalue weighted by atomic mass is 10.1. The Kier molecular flexibility index (Phi) is 4.49. The van der Waals surface area contributed by atoms with Crippen molar-refractivity contribution in [1.29, 1.82) is 0 Å². The number of nitrogens with one attached hydrogen (secondary N) is 1. The van der Waals surface area contributed by atoms with Crippen molar-refractivity contribution in [2.75, 3.05) is 11.9 Å². The van der Waals surface area contributed by atoms with E-state index in [4.69, 9.17) is 11.6 Å². The lowest BCUT2D eigenvalue weighted by Crippen LogP contribution is -2.00. The van der Waals surface area contributed by atoms with Crippen LogP contribution in [0.15, 0.2) is 18.2 Å². The van der Waals surface area contributed by atoms with Crippen LogP contribution in [0.2, 0.25) is 5.02 Å². The number of rotatable bonds is 5. The first-order chi connectivity index (χ1) is 8.70. The summed E-state index contributed by atoms with van der Waals surface area (Å²) in [6.45, 7) is 2.93. The minimum Gasteiger partial charge on any atom is -0.360 e. The number of halogens is 2. The standard InChI is InChI=1S/C12H13ClFN3S/c1-2-6-15-12-16-11(17-18-12)7-8-9(13)4-3-5-10(8)14/h3-5H,2,6-7H2,1H3,(H,15,16,17). The van der Waals surface area contributed by atoms with Gasteiger partial charge in [0.1, 0.15) is 11.6 Å². The fourth-order valence-corrected chi connectivity index (χ4v) is 2.33. The lowest BCUT2D eigenvalue weighted by molar-refractivity contribution is 0.612. The molecule has 2 rings (SSSR count). The van der Waals surface area contributed by atoms with Gasteiger partial charge in [-0.3, -0.25) is 0 Å². The van der Waals surface area contributed by atoms with Crippen LogP contribution in [0.4, 0.5) is 9.52 Å². The van der Waals surface area contributed by atoms with Crippen LogP contribution < -0.4 is 5.32 Å². The highest BCUT2D eigenvalue weighted by Crippen LogP contribution is 2.22. The second kappa shape index (κ2) is 6.11. The van der Waals surface area contributed by atoms with Crippen molar-refractivity contribution in [3.8, 4) is 0 Å². The smallest absolute Gasteiger partial charge is 0.202 e. The molecular formula is C12H13ClFN3S. The normalized spacial score (nSPS) is 10.6. The van der Waals surface area contributed by atoms with Crippen LogP contribution in [-0.2, 0) is 6.42 Å². The number of anilines is 1. The summed E-state index contributed by atoms with van der Waals surface area (Å²) in [5.41, 5.74) is 0.444. The van der Waals surface area contributed by atoms with Gasteiger partial charge in [0.2, 0.25) is 5.13 Å². The van der Waals surface area contributed by atoms with Crippen LogP contribution in [0.3, 0.4) is 0 Å². The molecule has 1 aromatic heterocycles. The van der Waals surface area contributed by atoms with E-state index in [1.165, 1.54) is 17.6 Å². The highest BCUT2D eigenvalue weighted by Gasteiger charge is 2.11. The van der Waals surface area contributed by atoms with Gasteiger partial charge in [-0.05, 0) is 18.6 Å². The van der Waals surface area contributed by atoms with E-state index in [1.807, 2.05) is 0 Å². The second-order valence-electron chi connectivity index (χ2n) is 3.82. The van der Waals surface area contributed by atoms with Crippen LogP contribution >= 0.6 is 23.1 Å². The fraction of sp³-hybridized carbons (Fsp3) is 0.333. The molecule has 1 N–H and O–H groups in total. The molecule has 0 saturated carbocycles. The Bertz CT molecular complexity index is 510. The van der Waals surface area contributed by atoms with Crippen molar-refractivity contribution < 1.29 is 4.39 Å². The van der Waals surface area contributed by atoms with E-state index in [1.54, 1.807) is 12.1 Å². The van der Waals surface area contributed by atoms with Crippen molar-refractivity contribution in [3.63, 3.8) is 0 Å². The average molecular weight is 286 g/mol. The summed E-state index contributed by atoms with van der Waals surface area (Å²) in [5, 5.41) is 4.32. The van der Waals surface area contributed by atoms with Gasteiger partial charge >= 0.3 is 0 Å². The molecule has 0 aliphatic heterocycles. The summed E-state index contributed by atoms with van der Waals surface area (Å²) < 4.78 is 17.8. The van der Waals surface area contributed by atoms with Gasteiger partial charge in [-0.25, -0.2) is 9.37 Å². The molecule has 0 fully saturated rings. The highest BCUT2D eigenvalue weighted by atomic mass is 35.5. The van der Waals surface area contributed by atoms with Gasteiger partial charge in [0.15, 0.2) is 0 Å². The molecule has 3 nitrogen and oxygen atoms in total. The fourth-order valence-electron chi connectivity index (χ4n) is 1.49. The molecule has 0 saturated heterocycles. The molecule has 0 atom stereocenters. The topological polar surface area (TPSA) is 37.8 Å². The third-order valence-electron chi connectivity index (χ3n) is 2.39. The van der Waals surface area contributed by atoms with Gasteiger partial charge < -0.3 is 5.32 Å². The largest absolute Gasteiger partial charge is 0.360 e. The molecule has 0 bridgehead atoms. The second-order valence-corrected chi connectivity index (χ2v) is 4.98. The maximum atomic E-state index is 13.6. The zero-order valence-electron chi connectivity index (χ0n) is 9.91. The highest BCUT2D eigenvalue weighted by molar-refractivity contribution is 7.09. The minimum absolute atomic E-state index is 0.315. The Labute approximate surface area is 114 Å². The summed E-state index contributed by atoms with van der Waals surface area (Å²) in [5.74, 6) is 0.269. The summed E-state index contributed by atoms with van der Waals surface area (Å²) in [7, 11) is 0. The molecule has 1 aromatic carbocycles. The Morgan fingerprint density at radius 2 is 2.28 bits per heavy atom. The van der Waals surface area contributed by atoms with Crippen molar-refractivity contribution >= 4 is 28.3 Å². The Morgan fingerprint density at radius 3 is 3.00 bits per heavy atom. The monoisotopic (exact) mass is 285 g/mol. The van der Waals surface area contributed by atoms with Crippen LogP contribution in [0.25, 0.3) is 0 Å². The van der Waals surface area contributed by atoms with Crippen LogP contribution in [0.5, 0.6) is 0 Å². The third kappa shape index (κ3) is 3.17. The van der Waals surface area contributed by atoms with Crippen LogP contribution in [-0.4, -0.2) is 15.9 Å². The SMILES string of the molecule is CCCNc1nc(Cc2c(F)cccc2Cl)ns1. The molecule has 0 unspecified atom stereocenters. The minimum atomic E-state index is -0.319. The van der Waals surface area contributed by atoms with Gasteiger partial charge in [0.25, 0.3) is 0 Å². The van der Waals surface area contributed by atoms with E-state index in [0.717, 1.165) is 18.1 Å². The van der Waals surface area contributed by atoms with Crippen molar-refractivity contribution in [2.24, 2.45) is 0 Å². The van der Waals surface area contributed by atoms with E-state index < -0.39 is 0 Å². The molecule has 0 amide bonds.